The van der Waals surface area contributed by atoms with Crippen LogP contribution in [0.5, 0.6) is 0 Å². The van der Waals surface area contributed by atoms with Crippen molar-refractivity contribution in [1.29, 1.82) is 0 Å². The lowest BCUT2D eigenvalue weighted by Crippen LogP contribution is -2.59. The Hall–Kier alpha value is -0.200. The molecule has 0 aromatic rings. The van der Waals surface area contributed by atoms with Crippen LogP contribution in [-0.2, 0) is 4.74 Å². The van der Waals surface area contributed by atoms with E-state index in [1.165, 1.54) is 6.92 Å². The maximum absolute atomic E-state index is 9.19. The van der Waals surface area contributed by atoms with E-state index in [0.717, 1.165) is 0 Å². The van der Waals surface area contributed by atoms with Crippen molar-refractivity contribution < 1.29 is 25.2 Å². The highest BCUT2D eigenvalue weighted by Gasteiger charge is 2.44. The molecule has 4 N–H and O–H groups in total. The van der Waals surface area contributed by atoms with E-state index in [9.17, 15) is 5.11 Å². The number of hydrogen-bond acceptors (Lipinski definition) is 5. The summed E-state index contributed by atoms with van der Waals surface area (Å²) in [6.45, 7) is 1.05. The SMILES string of the molecule is C[C@]1(O)OC[C@@H](O)[C@@H](O)C1O. The second-order valence-corrected chi connectivity index (χ2v) is 2.87. The zero-order valence-electron chi connectivity index (χ0n) is 6.14. The summed E-state index contributed by atoms with van der Waals surface area (Å²) in [4.78, 5) is 0. The molecular weight excluding hydrogens is 152 g/mol. The highest BCUT2D eigenvalue weighted by atomic mass is 16.6. The Morgan fingerprint density at radius 1 is 1.36 bits per heavy atom. The molecule has 66 valence electrons. The van der Waals surface area contributed by atoms with Crippen LogP contribution in [0.15, 0.2) is 0 Å². The second-order valence-electron chi connectivity index (χ2n) is 2.87. The smallest absolute Gasteiger partial charge is 0.191 e. The summed E-state index contributed by atoms with van der Waals surface area (Å²) in [6.07, 6.45) is -3.95. The summed E-state index contributed by atoms with van der Waals surface area (Å²) in [5, 5.41) is 36.3. The maximum atomic E-state index is 9.19. The van der Waals surface area contributed by atoms with Crippen molar-refractivity contribution in [3.05, 3.63) is 0 Å². The number of aliphatic hydroxyl groups is 4. The Kier molecular flexibility index (Phi) is 2.17. The lowest BCUT2D eigenvalue weighted by Gasteiger charge is -2.39. The molecular formula is C6H12O5. The first-order valence-electron chi connectivity index (χ1n) is 3.35. The summed E-state index contributed by atoms with van der Waals surface area (Å²) in [6, 6.07) is 0. The Morgan fingerprint density at radius 2 is 1.91 bits per heavy atom. The highest BCUT2D eigenvalue weighted by molar-refractivity contribution is 4.88. The van der Waals surface area contributed by atoms with Gasteiger partial charge in [-0.2, -0.15) is 0 Å². The maximum Gasteiger partial charge on any atom is 0.191 e. The molecule has 1 rings (SSSR count). The summed E-state index contributed by atoms with van der Waals surface area (Å²) in [7, 11) is 0. The highest BCUT2D eigenvalue weighted by Crippen LogP contribution is 2.22. The molecule has 0 spiro atoms. The standard InChI is InChI=1S/C6H12O5/c1-6(10)5(9)4(8)3(7)2-11-6/h3-5,7-10H,2H2,1H3/t3-,4-,5?,6+/m1/s1. The van der Waals surface area contributed by atoms with Crippen LogP contribution in [-0.4, -0.2) is 51.1 Å². The van der Waals surface area contributed by atoms with Gasteiger partial charge < -0.3 is 25.2 Å². The Bertz CT molecular complexity index is 146. The van der Waals surface area contributed by atoms with E-state index in [1.807, 2.05) is 0 Å². The van der Waals surface area contributed by atoms with E-state index >= 15 is 0 Å². The molecule has 5 heteroatoms. The fourth-order valence-electron chi connectivity index (χ4n) is 0.965. The third-order valence-corrected chi connectivity index (χ3v) is 1.81. The quantitative estimate of drug-likeness (QED) is 0.326. The van der Waals surface area contributed by atoms with Gasteiger partial charge in [-0.1, -0.05) is 0 Å². The molecule has 1 aliphatic heterocycles. The summed E-state index contributed by atoms with van der Waals surface area (Å²) < 4.78 is 4.66. The van der Waals surface area contributed by atoms with E-state index in [2.05, 4.69) is 4.74 Å². The van der Waals surface area contributed by atoms with Crippen LogP contribution in [0.2, 0.25) is 0 Å². The van der Waals surface area contributed by atoms with E-state index in [1.54, 1.807) is 0 Å². The van der Waals surface area contributed by atoms with Gasteiger partial charge in [0.2, 0.25) is 0 Å². The van der Waals surface area contributed by atoms with Crippen LogP contribution in [0, 0.1) is 0 Å². The first-order chi connectivity index (χ1) is 4.95. The monoisotopic (exact) mass is 164 g/mol. The largest absolute Gasteiger partial charge is 0.388 e. The molecule has 0 aromatic heterocycles. The Labute approximate surface area is 63.8 Å². The van der Waals surface area contributed by atoms with E-state index in [4.69, 9.17) is 15.3 Å². The van der Waals surface area contributed by atoms with Gasteiger partial charge in [-0.15, -0.1) is 0 Å². The van der Waals surface area contributed by atoms with Gasteiger partial charge in [-0.25, -0.2) is 0 Å². The van der Waals surface area contributed by atoms with Crippen LogP contribution in [0.1, 0.15) is 6.92 Å². The third kappa shape index (κ3) is 1.52. The molecule has 1 fully saturated rings. The van der Waals surface area contributed by atoms with Gasteiger partial charge in [-0.05, 0) is 6.92 Å². The van der Waals surface area contributed by atoms with E-state index < -0.39 is 24.1 Å². The van der Waals surface area contributed by atoms with E-state index in [0.29, 0.717) is 0 Å². The molecule has 0 bridgehead atoms. The molecule has 1 heterocycles. The van der Waals surface area contributed by atoms with Gasteiger partial charge >= 0.3 is 0 Å². The van der Waals surface area contributed by atoms with Crippen LogP contribution < -0.4 is 0 Å². The van der Waals surface area contributed by atoms with E-state index in [-0.39, 0.29) is 6.61 Å². The molecule has 0 aromatic carbocycles. The van der Waals surface area contributed by atoms with Gasteiger partial charge in [0.25, 0.3) is 0 Å². The summed E-state index contributed by atoms with van der Waals surface area (Å²) in [5.41, 5.74) is 0. The fourth-order valence-corrected chi connectivity index (χ4v) is 0.965. The average molecular weight is 164 g/mol. The van der Waals surface area contributed by atoms with Crippen molar-refractivity contribution in [3.8, 4) is 0 Å². The lowest BCUT2D eigenvalue weighted by atomic mass is 9.98. The van der Waals surface area contributed by atoms with Crippen LogP contribution >= 0.6 is 0 Å². The van der Waals surface area contributed by atoms with Gasteiger partial charge in [-0.3, -0.25) is 0 Å². The number of aliphatic hydroxyl groups excluding tert-OH is 3. The Balaban J connectivity index is 2.67. The van der Waals surface area contributed by atoms with Crippen LogP contribution in [0.25, 0.3) is 0 Å². The summed E-state index contributed by atoms with van der Waals surface area (Å²) >= 11 is 0. The predicted octanol–water partition coefficient (Wildman–Crippen LogP) is -2.19. The zero-order chi connectivity index (χ0) is 8.65. The van der Waals surface area contributed by atoms with Crippen molar-refractivity contribution in [2.75, 3.05) is 6.61 Å². The lowest BCUT2D eigenvalue weighted by molar-refractivity contribution is -0.312. The first-order valence-corrected chi connectivity index (χ1v) is 3.35. The predicted molar refractivity (Wildman–Crippen MR) is 34.6 cm³/mol. The number of ether oxygens (including phenoxy) is 1. The minimum absolute atomic E-state index is 0.175. The fraction of sp³-hybridized carbons (Fsp3) is 1.00. The first kappa shape index (κ1) is 8.89. The van der Waals surface area contributed by atoms with Crippen molar-refractivity contribution in [3.63, 3.8) is 0 Å². The molecule has 0 saturated carbocycles. The van der Waals surface area contributed by atoms with Crippen LogP contribution in [0.4, 0.5) is 0 Å². The minimum Gasteiger partial charge on any atom is -0.388 e. The summed E-state index contributed by atoms with van der Waals surface area (Å²) in [5.74, 6) is -1.77. The topological polar surface area (TPSA) is 90.2 Å². The third-order valence-electron chi connectivity index (χ3n) is 1.81. The molecule has 0 aliphatic carbocycles. The van der Waals surface area contributed by atoms with Gasteiger partial charge in [0.05, 0.1) is 6.61 Å². The van der Waals surface area contributed by atoms with Crippen molar-refractivity contribution in [1.82, 2.24) is 0 Å². The molecule has 1 saturated heterocycles. The van der Waals surface area contributed by atoms with Crippen molar-refractivity contribution in [2.45, 2.75) is 31.0 Å². The second kappa shape index (κ2) is 2.69. The van der Waals surface area contributed by atoms with Crippen molar-refractivity contribution in [2.24, 2.45) is 0 Å². The van der Waals surface area contributed by atoms with Crippen LogP contribution in [0.3, 0.4) is 0 Å². The number of rotatable bonds is 0. The zero-order valence-corrected chi connectivity index (χ0v) is 6.14. The van der Waals surface area contributed by atoms with Gasteiger partial charge in [0.1, 0.15) is 18.3 Å². The molecule has 11 heavy (non-hydrogen) atoms. The van der Waals surface area contributed by atoms with Gasteiger partial charge in [0, 0.05) is 0 Å². The normalized spacial score (nSPS) is 52.6. The molecule has 4 atom stereocenters. The van der Waals surface area contributed by atoms with Crippen molar-refractivity contribution >= 4 is 0 Å². The molecule has 5 nitrogen and oxygen atoms in total. The average Bonchev–Trinajstić information content (AvgIpc) is 1.95. The number of hydrogen-bond donors (Lipinski definition) is 4. The van der Waals surface area contributed by atoms with Gasteiger partial charge in [0.15, 0.2) is 5.79 Å². The minimum atomic E-state index is -1.77. The molecule has 1 aliphatic rings. The molecule has 1 unspecified atom stereocenters. The molecule has 0 amide bonds. The molecule has 0 radical (unpaired) electrons. The Morgan fingerprint density at radius 3 is 2.36 bits per heavy atom.